The van der Waals surface area contributed by atoms with Crippen molar-refractivity contribution < 1.29 is 4.74 Å². The minimum Gasteiger partial charge on any atom is -0.385 e. The second-order valence-corrected chi connectivity index (χ2v) is 4.38. The predicted octanol–water partition coefficient (Wildman–Crippen LogP) is 2.41. The molecule has 4 heteroatoms. The molecule has 0 aromatic carbocycles. The number of fused-ring (bicyclic) bond motifs is 1. The smallest absolute Gasteiger partial charge is 0.0709 e. The number of aromatic nitrogens is 2. The highest BCUT2D eigenvalue weighted by Crippen LogP contribution is 2.22. The summed E-state index contributed by atoms with van der Waals surface area (Å²) in [5.74, 6) is 0. The van der Waals surface area contributed by atoms with Gasteiger partial charge in [0.25, 0.3) is 0 Å². The Bertz CT molecular complexity index is 481. The van der Waals surface area contributed by atoms with Crippen LogP contribution in [-0.2, 0) is 4.74 Å². The van der Waals surface area contributed by atoms with Gasteiger partial charge in [-0.1, -0.05) is 13.0 Å². The molecule has 0 saturated heterocycles. The number of rotatable bonds is 7. The van der Waals surface area contributed by atoms with Crippen LogP contribution in [0.25, 0.3) is 5.52 Å². The van der Waals surface area contributed by atoms with E-state index in [1.165, 1.54) is 11.1 Å². The Morgan fingerprint density at radius 3 is 3.11 bits per heavy atom. The summed E-state index contributed by atoms with van der Waals surface area (Å²) in [6, 6.07) is 6.52. The molecule has 0 saturated carbocycles. The standard InChI is InChI=1S/C14H21N3O/c1-3-15-13(7-6-10-18-2)12-11-16-17-9-5-4-8-14(12)17/h4-5,8-9,11,13,15H,3,6-7,10H2,1-2H3. The summed E-state index contributed by atoms with van der Waals surface area (Å²) in [6.07, 6.45) is 6.07. The second kappa shape index (κ2) is 6.52. The molecular weight excluding hydrogens is 226 g/mol. The Balaban J connectivity index is 2.18. The number of nitrogens with zero attached hydrogens (tertiary/aromatic N) is 2. The van der Waals surface area contributed by atoms with Crippen LogP contribution in [0.15, 0.2) is 30.6 Å². The fraction of sp³-hybridized carbons (Fsp3) is 0.500. The van der Waals surface area contributed by atoms with E-state index in [4.69, 9.17) is 4.74 Å². The Kier molecular flexibility index (Phi) is 4.73. The van der Waals surface area contributed by atoms with Gasteiger partial charge in [-0.15, -0.1) is 0 Å². The third-order valence-corrected chi connectivity index (χ3v) is 3.12. The van der Waals surface area contributed by atoms with E-state index in [1.807, 2.05) is 23.0 Å². The van der Waals surface area contributed by atoms with E-state index in [0.717, 1.165) is 26.0 Å². The monoisotopic (exact) mass is 247 g/mol. The number of hydrogen-bond donors (Lipinski definition) is 1. The maximum atomic E-state index is 5.13. The molecule has 0 aliphatic carbocycles. The lowest BCUT2D eigenvalue weighted by Crippen LogP contribution is -2.21. The van der Waals surface area contributed by atoms with Crippen molar-refractivity contribution in [3.63, 3.8) is 0 Å². The second-order valence-electron chi connectivity index (χ2n) is 4.38. The van der Waals surface area contributed by atoms with Gasteiger partial charge < -0.3 is 10.1 Å². The molecular formula is C14H21N3O. The van der Waals surface area contributed by atoms with E-state index in [-0.39, 0.29) is 0 Å². The summed E-state index contributed by atoms with van der Waals surface area (Å²) in [7, 11) is 1.75. The number of methoxy groups -OCH3 is 1. The molecule has 0 fully saturated rings. The fourth-order valence-corrected chi connectivity index (χ4v) is 2.27. The topological polar surface area (TPSA) is 38.6 Å². The van der Waals surface area contributed by atoms with Gasteiger partial charge in [0.05, 0.1) is 11.7 Å². The van der Waals surface area contributed by atoms with Crippen molar-refractivity contribution in [2.24, 2.45) is 0 Å². The highest BCUT2D eigenvalue weighted by molar-refractivity contribution is 5.54. The highest BCUT2D eigenvalue weighted by Gasteiger charge is 2.14. The van der Waals surface area contributed by atoms with Crippen LogP contribution in [0.3, 0.4) is 0 Å². The van der Waals surface area contributed by atoms with Crippen LogP contribution in [0.1, 0.15) is 31.4 Å². The maximum absolute atomic E-state index is 5.13. The van der Waals surface area contributed by atoms with Gasteiger partial charge in [-0.25, -0.2) is 4.52 Å². The summed E-state index contributed by atoms with van der Waals surface area (Å²) in [6.45, 7) is 3.90. The average Bonchev–Trinajstić information content (AvgIpc) is 2.82. The Hall–Kier alpha value is -1.39. The van der Waals surface area contributed by atoms with E-state index in [0.29, 0.717) is 6.04 Å². The lowest BCUT2D eigenvalue weighted by Gasteiger charge is -2.16. The maximum Gasteiger partial charge on any atom is 0.0709 e. The minimum atomic E-state index is 0.352. The number of hydrogen-bond acceptors (Lipinski definition) is 3. The molecule has 18 heavy (non-hydrogen) atoms. The summed E-state index contributed by atoms with van der Waals surface area (Å²) in [5, 5.41) is 7.92. The van der Waals surface area contributed by atoms with Crippen molar-refractivity contribution in [2.75, 3.05) is 20.3 Å². The third-order valence-electron chi connectivity index (χ3n) is 3.12. The van der Waals surface area contributed by atoms with Gasteiger partial charge in [-0.2, -0.15) is 5.10 Å². The SMILES string of the molecule is CCNC(CCCOC)c1cnn2ccccc12. The first-order valence-corrected chi connectivity index (χ1v) is 6.51. The van der Waals surface area contributed by atoms with Crippen molar-refractivity contribution in [3.05, 3.63) is 36.2 Å². The van der Waals surface area contributed by atoms with Gasteiger partial charge in [0.2, 0.25) is 0 Å². The van der Waals surface area contributed by atoms with Crippen LogP contribution in [0.5, 0.6) is 0 Å². The van der Waals surface area contributed by atoms with E-state index in [1.54, 1.807) is 7.11 Å². The van der Waals surface area contributed by atoms with E-state index >= 15 is 0 Å². The zero-order valence-electron chi connectivity index (χ0n) is 11.1. The molecule has 4 nitrogen and oxygen atoms in total. The third kappa shape index (κ3) is 2.89. The van der Waals surface area contributed by atoms with Crippen molar-refractivity contribution in [1.29, 1.82) is 0 Å². The fourth-order valence-electron chi connectivity index (χ4n) is 2.27. The van der Waals surface area contributed by atoms with Crippen LogP contribution >= 0.6 is 0 Å². The lowest BCUT2D eigenvalue weighted by molar-refractivity contribution is 0.189. The number of nitrogens with one attached hydrogen (secondary N) is 1. The molecule has 0 spiro atoms. The molecule has 2 aromatic heterocycles. The zero-order chi connectivity index (χ0) is 12.8. The molecule has 0 radical (unpaired) electrons. The Morgan fingerprint density at radius 2 is 2.33 bits per heavy atom. The van der Waals surface area contributed by atoms with Gasteiger partial charge in [0.15, 0.2) is 0 Å². The van der Waals surface area contributed by atoms with Crippen molar-refractivity contribution >= 4 is 5.52 Å². The van der Waals surface area contributed by atoms with Crippen LogP contribution in [0, 0.1) is 0 Å². The molecule has 1 unspecified atom stereocenters. The first-order chi connectivity index (χ1) is 8.86. The molecule has 1 atom stereocenters. The van der Waals surface area contributed by atoms with Crippen molar-refractivity contribution in [2.45, 2.75) is 25.8 Å². The molecule has 98 valence electrons. The van der Waals surface area contributed by atoms with Gasteiger partial charge in [-0.05, 0) is 31.5 Å². The van der Waals surface area contributed by atoms with Gasteiger partial charge in [0, 0.05) is 31.5 Å². The molecule has 0 aliphatic rings. The summed E-state index contributed by atoms with van der Waals surface area (Å²) >= 11 is 0. The Labute approximate surface area is 108 Å². The van der Waals surface area contributed by atoms with Crippen molar-refractivity contribution in [3.8, 4) is 0 Å². The van der Waals surface area contributed by atoms with Gasteiger partial charge in [0.1, 0.15) is 0 Å². The average molecular weight is 247 g/mol. The van der Waals surface area contributed by atoms with Gasteiger partial charge >= 0.3 is 0 Å². The van der Waals surface area contributed by atoms with Crippen LogP contribution < -0.4 is 5.32 Å². The van der Waals surface area contributed by atoms with E-state index in [9.17, 15) is 0 Å². The molecule has 2 rings (SSSR count). The largest absolute Gasteiger partial charge is 0.385 e. The summed E-state index contributed by atoms with van der Waals surface area (Å²) in [5.41, 5.74) is 2.45. The molecule has 2 heterocycles. The first-order valence-electron chi connectivity index (χ1n) is 6.51. The number of ether oxygens (including phenoxy) is 1. The summed E-state index contributed by atoms with van der Waals surface area (Å²) < 4.78 is 7.05. The van der Waals surface area contributed by atoms with Gasteiger partial charge in [-0.3, -0.25) is 0 Å². The van der Waals surface area contributed by atoms with E-state index in [2.05, 4.69) is 29.5 Å². The van der Waals surface area contributed by atoms with Crippen LogP contribution in [0.2, 0.25) is 0 Å². The minimum absolute atomic E-state index is 0.352. The molecule has 0 amide bonds. The van der Waals surface area contributed by atoms with Crippen molar-refractivity contribution in [1.82, 2.24) is 14.9 Å². The normalized spacial score (nSPS) is 13.0. The molecule has 1 N–H and O–H groups in total. The Morgan fingerprint density at radius 1 is 1.44 bits per heavy atom. The van der Waals surface area contributed by atoms with Crippen LogP contribution in [0.4, 0.5) is 0 Å². The van der Waals surface area contributed by atoms with E-state index < -0.39 is 0 Å². The van der Waals surface area contributed by atoms with Crippen LogP contribution in [-0.4, -0.2) is 29.9 Å². The molecule has 0 bridgehead atoms. The highest BCUT2D eigenvalue weighted by atomic mass is 16.5. The zero-order valence-corrected chi connectivity index (χ0v) is 11.1. The lowest BCUT2D eigenvalue weighted by atomic mass is 10.0. The summed E-state index contributed by atoms with van der Waals surface area (Å²) in [4.78, 5) is 0. The quantitative estimate of drug-likeness (QED) is 0.764. The predicted molar refractivity (Wildman–Crippen MR) is 72.7 cm³/mol. The first kappa shape index (κ1) is 13.1. The number of pyridine rings is 1. The molecule has 2 aromatic rings. The molecule has 0 aliphatic heterocycles.